The summed E-state index contributed by atoms with van der Waals surface area (Å²) in [5, 5.41) is 2.79. The fourth-order valence-electron chi connectivity index (χ4n) is 1.62. The smallest absolute Gasteiger partial charge is 0.407 e. The van der Waals surface area contributed by atoms with Gasteiger partial charge in [-0.15, -0.1) is 0 Å². The van der Waals surface area contributed by atoms with Crippen molar-refractivity contribution in [3.63, 3.8) is 0 Å². The van der Waals surface area contributed by atoms with Crippen LogP contribution in [0.4, 0.5) is 4.79 Å². The Morgan fingerprint density at radius 1 is 1.12 bits per heavy atom. The van der Waals surface area contributed by atoms with Crippen molar-refractivity contribution < 1.29 is 9.53 Å². The number of amides is 1. The summed E-state index contributed by atoms with van der Waals surface area (Å²) in [6.45, 7) is 12.9. The van der Waals surface area contributed by atoms with Crippen LogP contribution in [0.1, 0.15) is 60.8 Å². The van der Waals surface area contributed by atoms with Crippen molar-refractivity contribution in [2.24, 2.45) is 5.41 Å². The van der Waals surface area contributed by atoms with Crippen molar-refractivity contribution in [3.05, 3.63) is 0 Å². The van der Waals surface area contributed by atoms with Crippen LogP contribution in [-0.2, 0) is 4.74 Å². The largest absolute Gasteiger partial charge is 0.444 e. The Bertz CT molecular complexity index is 216. The van der Waals surface area contributed by atoms with Gasteiger partial charge in [-0.1, -0.05) is 27.2 Å². The highest BCUT2D eigenvalue weighted by Gasteiger charge is 2.18. The molecule has 0 aromatic carbocycles. The molecule has 0 atom stereocenters. The third-order valence-corrected chi connectivity index (χ3v) is 2.40. The first-order chi connectivity index (χ1) is 7.16. The fraction of sp³-hybridized carbons (Fsp3) is 0.923. The quantitative estimate of drug-likeness (QED) is 0.780. The Hall–Kier alpha value is -0.730. The van der Waals surface area contributed by atoms with Gasteiger partial charge < -0.3 is 10.1 Å². The van der Waals surface area contributed by atoms with Crippen LogP contribution in [0.15, 0.2) is 0 Å². The van der Waals surface area contributed by atoms with Crippen LogP contribution in [0, 0.1) is 5.41 Å². The predicted molar refractivity (Wildman–Crippen MR) is 67.5 cm³/mol. The second-order valence-electron chi connectivity index (χ2n) is 6.09. The van der Waals surface area contributed by atoms with Gasteiger partial charge in [-0.25, -0.2) is 4.79 Å². The molecular formula is C13H27NO2. The lowest BCUT2D eigenvalue weighted by Gasteiger charge is -2.25. The maximum Gasteiger partial charge on any atom is 0.407 e. The zero-order valence-corrected chi connectivity index (χ0v) is 11.6. The fourth-order valence-corrected chi connectivity index (χ4v) is 1.62. The van der Waals surface area contributed by atoms with Gasteiger partial charge in [0, 0.05) is 6.54 Å². The zero-order chi connectivity index (χ0) is 12.8. The molecule has 1 amide bonds. The molecule has 0 aliphatic rings. The van der Waals surface area contributed by atoms with Crippen molar-refractivity contribution in [3.8, 4) is 0 Å². The average Bonchev–Trinajstić information content (AvgIpc) is 1.99. The van der Waals surface area contributed by atoms with E-state index in [9.17, 15) is 4.79 Å². The summed E-state index contributed by atoms with van der Waals surface area (Å²) in [6, 6.07) is 0. The molecule has 0 fully saturated rings. The molecule has 0 radical (unpaired) electrons. The third-order valence-electron chi connectivity index (χ3n) is 2.40. The molecule has 0 aromatic rings. The van der Waals surface area contributed by atoms with E-state index in [1.165, 1.54) is 12.8 Å². The molecule has 0 aromatic heterocycles. The van der Waals surface area contributed by atoms with Crippen LogP contribution in [-0.4, -0.2) is 18.2 Å². The third kappa shape index (κ3) is 8.57. The molecule has 0 aliphatic heterocycles. The highest BCUT2D eigenvalue weighted by molar-refractivity contribution is 5.67. The van der Waals surface area contributed by atoms with Crippen LogP contribution in [0.2, 0.25) is 0 Å². The number of alkyl carbamates (subject to hydrolysis) is 1. The molecule has 0 saturated heterocycles. The lowest BCUT2D eigenvalue weighted by atomic mass is 9.85. The number of rotatable bonds is 5. The highest BCUT2D eigenvalue weighted by Crippen LogP contribution is 2.25. The van der Waals surface area contributed by atoms with Gasteiger partial charge >= 0.3 is 6.09 Å². The molecule has 96 valence electrons. The van der Waals surface area contributed by atoms with E-state index in [2.05, 4.69) is 26.1 Å². The van der Waals surface area contributed by atoms with Gasteiger partial charge in [0.2, 0.25) is 0 Å². The van der Waals surface area contributed by atoms with Crippen LogP contribution >= 0.6 is 0 Å². The van der Waals surface area contributed by atoms with E-state index in [1.54, 1.807) is 0 Å². The van der Waals surface area contributed by atoms with E-state index in [0.29, 0.717) is 12.0 Å². The number of ether oxygens (including phenoxy) is 1. The van der Waals surface area contributed by atoms with Gasteiger partial charge in [0.25, 0.3) is 0 Å². The second-order valence-corrected chi connectivity index (χ2v) is 6.09. The van der Waals surface area contributed by atoms with Crippen molar-refractivity contribution in [2.75, 3.05) is 6.54 Å². The zero-order valence-electron chi connectivity index (χ0n) is 11.6. The summed E-state index contributed by atoms with van der Waals surface area (Å²) in [5.41, 5.74) is -0.118. The molecular weight excluding hydrogens is 202 g/mol. The van der Waals surface area contributed by atoms with Gasteiger partial charge in [-0.05, 0) is 39.0 Å². The standard InChI is InChI=1S/C13H27NO2/c1-7-8-13(5,6)9-10-14-11(15)16-12(2,3)4/h7-10H2,1-6H3,(H,14,15). The Morgan fingerprint density at radius 3 is 2.12 bits per heavy atom. The number of nitrogens with one attached hydrogen (secondary N) is 1. The van der Waals surface area contributed by atoms with Gasteiger partial charge in [0.05, 0.1) is 0 Å². The molecule has 0 rings (SSSR count). The van der Waals surface area contributed by atoms with Crippen molar-refractivity contribution >= 4 is 6.09 Å². The maximum atomic E-state index is 11.4. The number of hydrogen-bond donors (Lipinski definition) is 1. The first-order valence-electron chi connectivity index (χ1n) is 6.13. The molecule has 0 unspecified atom stereocenters. The Kier molecular flexibility index (Phi) is 5.84. The van der Waals surface area contributed by atoms with E-state index in [-0.39, 0.29) is 6.09 Å². The summed E-state index contributed by atoms with van der Waals surface area (Å²) in [5.74, 6) is 0. The molecule has 0 spiro atoms. The summed E-state index contributed by atoms with van der Waals surface area (Å²) < 4.78 is 5.16. The SMILES string of the molecule is CCCC(C)(C)CCNC(=O)OC(C)(C)C. The summed E-state index contributed by atoms with van der Waals surface area (Å²) in [7, 11) is 0. The minimum atomic E-state index is -0.414. The first-order valence-corrected chi connectivity index (χ1v) is 6.13. The van der Waals surface area contributed by atoms with Crippen LogP contribution in [0.3, 0.4) is 0 Å². The van der Waals surface area contributed by atoms with Crippen molar-refractivity contribution in [1.29, 1.82) is 0 Å². The lowest BCUT2D eigenvalue weighted by molar-refractivity contribution is 0.0521. The first kappa shape index (κ1) is 15.3. The Morgan fingerprint density at radius 2 is 1.69 bits per heavy atom. The molecule has 16 heavy (non-hydrogen) atoms. The molecule has 0 bridgehead atoms. The van der Waals surface area contributed by atoms with Crippen LogP contribution < -0.4 is 5.32 Å². The van der Waals surface area contributed by atoms with Crippen LogP contribution in [0.5, 0.6) is 0 Å². The molecule has 3 nitrogen and oxygen atoms in total. The predicted octanol–water partition coefficient (Wildman–Crippen LogP) is 3.73. The van der Waals surface area contributed by atoms with Gasteiger partial charge in [-0.3, -0.25) is 0 Å². The van der Waals surface area contributed by atoms with Crippen molar-refractivity contribution in [2.45, 2.75) is 66.4 Å². The average molecular weight is 229 g/mol. The maximum absolute atomic E-state index is 11.4. The minimum Gasteiger partial charge on any atom is -0.444 e. The molecule has 3 heteroatoms. The second kappa shape index (κ2) is 6.12. The van der Waals surface area contributed by atoms with E-state index < -0.39 is 5.60 Å². The number of carbonyl (C=O) groups is 1. The van der Waals surface area contributed by atoms with Crippen molar-refractivity contribution in [1.82, 2.24) is 5.32 Å². The Labute approximate surface area is 99.9 Å². The lowest BCUT2D eigenvalue weighted by Crippen LogP contribution is -2.34. The summed E-state index contributed by atoms with van der Waals surface area (Å²) in [6.07, 6.45) is 3.03. The normalized spacial score (nSPS) is 12.4. The van der Waals surface area contributed by atoms with Gasteiger partial charge in [0.15, 0.2) is 0 Å². The minimum absolute atomic E-state index is 0.295. The van der Waals surface area contributed by atoms with E-state index >= 15 is 0 Å². The number of hydrogen-bond acceptors (Lipinski definition) is 2. The molecule has 0 heterocycles. The van der Waals surface area contributed by atoms with Crippen LogP contribution in [0.25, 0.3) is 0 Å². The number of carbonyl (C=O) groups excluding carboxylic acids is 1. The summed E-state index contributed by atoms with van der Waals surface area (Å²) >= 11 is 0. The van der Waals surface area contributed by atoms with E-state index in [4.69, 9.17) is 4.74 Å². The van der Waals surface area contributed by atoms with Gasteiger partial charge in [-0.2, -0.15) is 0 Å². The molecule has 0 aliphatic carbocycles. The van der Waals surface area contributed by atoms with E-state index in [1.807, 2.05) is 20.8 Å². The summed E-state index contributed by atoms with van der Waals surface area (Å²) in [4.78, 5) is 11.4. The topological polar surface area (TPSA) is 38.3 Å². The monoisotopic (exact) mass is 229 g/mol. The Balaban J connectivity index is 3.78. The molecule has 0 saturated carbocycles. The van der Waals surface area contributed by atoms with Gasteiger partial charge in [0.1, 0.15) is 5.60 Å². The molecule has 1 N–H and O–H groups in total. The highest BCUT2D eigenvalue weighted by atomic mass is 16.6. The van der Waals surface area contributed by atoms with E-state index in [0.717, 1.165) is 6.42 Å².